The normalized spacial score (nSPS) is 17.8. The Labute approximate surface area is 190 Å². The summed E-state index contributed by atoms with van der Waals surface area (Å²) in [5.41, 5.74) is 1.73. The van der Waals surface area contributed by atoms with E-state index in [-0.39, 0.29) is 4.90 Å². The molecular formula is C22H25N3O5S2. The average molecular weight is 476 g/mol. The molecule has 0 saturated carbocycles. The molecule has 2 aromatic carbocycles. The van der Waals surface area contributed by atoms with Crippen LogP contribution in [0.25, 0.3) is 10.2 Å². The summed E-state index contributed by atoms with van der Waals surface area (Å²) < 4.78 is 41.1. The van der Waals surface area contributed by atoms with Gasteiger partial charge >= 0.3 is 0 Å². The van der Waals surface area contributed by atoms with Crippen molar-refractivity contribution in [2.75, 3.05) is 20.8 Å². The Hall–Kier alpha value is -2.69. The first-order valence-electron chi connectivity index (χ1n) is 10.2. The van der Waals surface area contributed by atoms with E-state index in [2.05, 4.69) is 4.99 Å². The highest BCUT2D eigenvalue weighted by atomic mass is 32.2. The van der Waals surface area contributed by atoms with Crippen molar-refractivity contribution in [2.45, 2.75) is 30.7 Å². The van der Waals surface area contributed by atoms with E-state index in [1.165, 1.54) is 15.6 Å². The molecule has 32 heavy (non-hydrogen) atoms. The van der Waals surface area contributed by atoms with Crippen molar-refractivity contribution in [3.05, 3.63) is 46.8 Å². The highest BCUT2D eigenvalue weighted by Crippen LogP contribution is 2.34. The lowest BCUT2D eigenvalue weighted by atomic mass is 10.2. The van der Waals surface area contributed by atoms with E-state index in [4.69, 9.17) is 9.47 Å². The molecule has 4 rings (SSSR count). The van der Waals surface area contributed by atoms with E-state index in [9.17, 15) is 13.2 Å². The lowest BCUT2D eigenvalue weighted by molar-refractivity contribution is -0.121. The maximum absolute atomic E-state index is 13.2. The zero-order valence-corrected chi connectivity index (χ0v) is 20.0. The minimum atomic E-state index is -3.79. The molecular weight excluding hydrogens is 450 g/mol. The van der Waals surface area contributed by atoms with Crippen LogP contribution >= 0.6 is 11.3 Å². The minimum Gasteiger partial charge on any atom is -0.495 e. The Kier molecular flexibility index (Phi) is 6.11. The molecule has 10 heteroatoms. The number of rotatable bonds is 5. The predicted octanol–water partition coefficient (Wildman–Crippen LogP) is 2.85. The summed E-state index contributed by atoms with van der Waals surface area (Å²) in [6, 6.07) is 9.43. The van der Waals surface area contributed by atoms with E-state index in [1.807, 2.05) is 6.92 Å². The standard InChI is InChI=1S/C22H25N3O5S2/c1-14-7-9-15(10-8-14)32(27,28)25-13-5-6-16(25)21(26)23-22-24(2)19-17(29-3)11-12-18(30-4)20(19)31-22/h7-12,16H,5-6,13H2,1-4H3. The van der Waals surface area contributed by atoms with Crippen molar-refractivity contribution < 1.29 is 22.7 Å². The number of carbonyl (C=O) groups excluding carboxylic acids is 1. The third kappa shape index (κ3) is 3.82. The van der Waals surface area contributed by atoms with Crippen LogP contribution in [-0.4, -0.2) is 50.0 Å². The largest absolute Gasteiger partial charge is 0.495 e. The summed E-state index contributed by atoms with van der Waals surface area (Å²) in [6.45, 7) is 2.19. The van der Waals surface area contributed by atoms with E-state index in [1.54, 1.807) is 62.2 Å². The van der Waals surface area contributed by atoms with Crippen molar-refractivity contribution in [1.29, 1.82) is 0 Å². The van der Waals surface area contributed by atoms with Gasteiger partial charge in [-0.1, -0.05) is 29.0 Å². The molecule has 0 aliphatic carbocycles. The first-order chi connectivity index (χ1) is 15.3. The predicted molar refractivity (Wildman–Crippen MR) is 123 cm³/mol. The Morgan fingerprint density at radius 2 is 1.75 bits per heavy atom. The summed E-state index contributed by atoms with van der Waals surface area (Å²) in [7, 11) is 1.16. The van der Waals surface area contributed by atoms with Crippen molar-refractivity contribution in [3.63, 3.8) is 0 Å². The van der Waals surface area contributed by atoms with Crippen molar-refractivity contribution in [1.82, 2.24) is 8.87 Å². The van der Waals surface area contributed by atoms with Crippen LogP contribution in [0.4, 0.5) is 0 Å². The Morgan fingerprint density at radius 3 is 2.41 bits per heavy atom. The van der Waals surface area contributed by atoms with Gasteiger partial charge in [-0.2, -0.15) is 9.30 Å². The smallest absolute Gasteiger partial charge is 0.266 e. The van der Waals surface area contributed by atoms with Gasteiger partial charge in [-0.05, 0) is 44.0 Å². The van der Waals surface area contributed by atoms with Crippen molar-refractivity contribution in [2.24, 2.45) is 12.0 Å². The number of thiazole rings is 1. The molecule has 170 valence electrons. The lowest BCUT2D eigenvalue weighted by Gasteiger charge is -2.21. The minimum absolute atomic E-state index is 0.185. The van der Waals surface area contributed by atoms with Crippen LogP contribution in [0.2, 0.25) is 0 Å². The number of amides is 1. The highest BCUT2D eigenvalue weighted by molar-refractivity contribution is 7.89. The molecule has 0 N–H and O–H groups in total. The van der Waals surface area contributed by atoms with Crippen LogP contribution in [0, 0.1) is 6.92 Å². The van der Waals surface area contributed by atoms with Crippen molar-refractivity contribution >= 4 is 37.5 Å². The molecule has 1 unspecified atom stereocenters. The quantitative estimate of drug-likeness (QED) is 0.566. The van der Waals surface area contributed by atoms with Crippen LogP contribution in [-0.2, 0) is 21.9 Å². The lowest BCUT2D eigenvalue weighted by Crippen LogP contribution is -2.40. The van der Waals surface area contributed by atoms with Gasteiger partial charge in [-0.25, -0.2) is 8.42 Å². The number of aryl methyl sites for hydroxylation is 2. The van der Waals surface area contributed by atoms with Crippen LogP contribution in [0.5, 0.6) is 11.5 Å². The zero-order chi connectivity index (χ0) is 23.0. The van der Waals surface area contributed by atoms with Gasteiger partial charge in [0.1, 0.15) is 27.8 Å². The highest BCUT2D eigenvalue weighted by Gasteiger charge is 2.39. The second-order valence-electron chi connectivity index (χ2n) is 7.63. The van der Waals surface area contributed by atoms with Gasteiger partial charge < -0.3 is 14.0 Å². The molecule has 1 atom stereocenters. The summed E-state index contributed by atoms with van der Waals surface area (Å²) in [5.74, 6) is 0.816. The number of nitrogens with zero attached hydrogens (tertiary/aromatic N) is 3. The molecule has 1 aliphatic heterocycles. The first-order valence-corrected chi connectivity index (χ1v) is 12.4. The zero-order valence-electron chi connectivity index (χ0n) is 18.4. The summed E-state index contributed by atoms with van der Waals surface area (Å²) in [6.07, 6.45) is 1.05. The molecule has 0 bridgehead atoms. The number of fused-ring (bicyclic) bond motifs is 1. The molecule has 1 amide bonds. The van der Waals surface area contributed by atoms with Gasteiger partial charge in [0.2, 0.25) is 10.0 Å². The van der Waals surface area contributed by atoms with Gasteiger partial charge in [-0.3, -0.25) is 4.79 Å². The fourth-order valence-electron chi connectivity index (χ4n) is 3.92. The second kappa shape index (κ2) is 8.68. The van der Waals surface area contributed by atoms with Gasteiger partial charge in [-0.15, -0.1) is 0 Å². The van der Waals surface area contributed by atoms with E-state index >= 15 is 0 Å². The Bertz CT molecular complexity index is 1340. The van der Waals surface area contributed by atoms with Gasteiger partial charge in [0.25, 0.3) is 5.91 Å². The monoisotopic (exact) mass is 475 g/mol. The fourth-order valence-corrected chi connectivity index (χ4v) is 6.70. The first kappa shape index (κ1) is 22.5. The third-order valence-electron chi connectivity index (χ3n) is 5.64. The average Bonchev–Trinajstić information content (AvgIpc) is 3.40. The number of hydrogen-bond donors (Lipinski definition) is 0. The molecule has 2 heterocycles. The number of aromatic nitrogens is 1. The van der Waals surface area contributed by atoms with Gasteiger partial charge in [0.05, 0.1) is 19.1 Å². The van der Waals surface area contributed by atoms with E-state index in [0.717, 1.165) is 15.8 Å². The molecule has 0 spiro atoms. The number of sulfonamides is 1. The maximum atomic E-state index is 13.2. The van der Waals surface area contributed by atoms with Crippen LogP contribution in [0.1, 0.15) is 18.4 Å². The maximum Gasteiger partial charge on any atom is 0.266 e. The molecule has 8 nitrogen and oxygen atoms in total. The molecule has 0 radical (unpaired) electrons. The molecule has 1 aromatic heterocycles. The summed E-state index contributed by atoms with van der Waals surface area (Å²) in [5, 5.41) is 0. The number of carbonyl (C=O) groups is 1. The fraction of sp³-hybridized carbons (Fsp3) is 0.364. The summed E-state index contributed by atoms with van der Waals surface area (Å²) >= 11 is 1.30. The van der Waals surface area contributed by atoms with Gasteiger partial charge in [0.15, 0.2) is 4.80 Å². The Morgan fingerprint density at radius 1 is 1.09 bits per heavy atom. The van der Waals surface area contributed by atoms with E-state index < -0.39 is 22.0 Å². The summed E-state index contributed by atoms with van der Waals surface area (Å²) in [4.78, 5) is 18.1. The van der Waals surface area contributed by atoms with Crippen molar-refractivity contribution in [3.8, 4) is 11.5 Å². The van der Waals surface area contributed by atoms with Crippen LogP contribution < -0.4 is 14.3 Å². The number of hydrogen-bond acceptors (Lipinski definition) is 6. The van der Waals surface area contributed by atoms with Gasteiger partial charge in [0, 0.05) is 13.6 Å². The molecule has 1 saturated heterocycles. The Balaban J connectivity index is 1.74. The van der Waals surface area contributed by atoms with E-state index in [0.29, 0.717) is 35.7 Å². The van der Waals surface area contributed by atoms with Crippen LogP contribution in [0.3, 0.4) is 0 Å². The molecule has 3 aromatic rings. The SMILES string of the molecule is COc1ccc(OC)c2c1sc(=NC(=O)C1CCCN1S(=O)(=O)c1ccc(C)cc1)n2C. The van der Waals surface area contributed by atoms with Crippen LogP contribution in [0.15, 0.2) is 46.3 Å². The molecule has 1 aliphatic rings. The second-order valence-corrected chi connectivity index (χ2v) is 10.5. The topological polar surface area (TPSA) is 90.2 Å². The number of ether oxygens (including phenoxy) is 2. The molecule has 1 fully saturated rings. The number of methoxy groups -OCH3 is 2. The number of benzene rings is 2. The third-order valence-corrected chi connectivity index (χ3v) is 8.70.